The summed E-state index contributed by atoms with van der Waals surface area (Å²) >= 11 is 0. The highest BCUT2D eigenvalue weighted by Gasteiger charge is 2.75. The summed E-state index contributed by atoms with van der Waals surface area (Å²) in [5, 5.41) is 46.6. The highest BCUT2D eigenvalue weighted by Crippen LogP contribution is 2.74. The molecule has 0 saturated heterocycles. The number of ether oxygens (including phenoxy) is 1. The fraction of sp³-hybridized carbons (Fsp3) is 0.967. The Kier molecular flexibility index (Phi) is 5.92. The summed E-state index contributed by atoms with van der Waals surface area (Å²) in [5.74, 6) is -0.0180. The van der Waals surface area contributed by atoms with E-state index in [1.54, 1.807) is 0 Å². The van der Waals surface area contributed by atoms with Crippen molar-refractivity contribution in [3.8, 4) is 0 Å². The number of carbonyl (C=O) groups is 1. The predicted molar refractivity (Wildman–Crippen MR) is 137 cm³/mol. The number of carbonyl (C=O) groups excluding carboxylic acids is 1. The molecule has 0 aromatic rings. The van der Waals surface area contributed by atoms with Crippen LogP contribution in [0.1, 0.15) is 99.3 Å². The van der Waals surface area contributed by atoms with Gasteiger partial charge in [-0.05, 0) is 91.8 Å². The van der Waals surface area contributed by atoms with Crippen molar-refractivity contribution in [2.75, 3.05) is 7.11 Å². The summed E-state index contributed by atoms with van der Waals surface area (Å²) in [6, 6.07) is 0. The van der Waals surface area contributed by atoms with Gasteiger partial charge in [0.05, 0.1) is 36.4 Å². The van der Waals surface area contributed by atoms with Gasteiger partial charge in [0.25, 0.3) is 0 Å². The van der Waals surface area contributed by atoms with E-state index in [0.29, 0.717) is 38.5 Å². The van der Waals surface area contributed by atoms with Gasteiger partial charge in [0.1, 0.15) is 0 Å². The third-order valence-corrected chi connectivity index (χ3v) is 13.2. The Bertz CT molecular complexity index is 915. The van der Waals surface area contributed by atoms with E-state index in [0.717, 1.165) is 19.3 Å². The van der Waals surface area contributed by atoms with Gasteiger partial charge in [-0.3, -0.25) is 4.79 Å². The second-order valence-electron chi connectivity index (χ2n) is 15.4. The van der Waals surface area contributed by atoms with Crippen LogP contribution in [0.4, 0.5) is 0 Å². The fourth-order valence-electron chi connectivity index (χ4n) is 11.2. The van der Waals surface area contributed by atoms with Crippen LogP contribution in [0.5, 0.6) is 0 Å². The van der Waals surface area contributed by atoms with Gasteiger partial charge in [-0.15, -0.1) is 0 Å². The first-order valence-corrected chi connectivity index (χ1v) is 14.4. The van der Waals surface area contributed by atoms with E-state index in [-0.39, 0.29) is 40.5 Å². The van der Waals surface area contributed by atoms with E-state index in [2.05, 4.69) is 41.5 Å². The summed E-state index contributed by atoms with van der Waals surface area (Å²) in [6.45, 7) is 13.0. The zero-order chi connectivity index (χ0) is 26.7. The minimum Gasteiger partial charge on any atom is -0.469 e. The standard InChI is InChI=1S/C30H50O6/c1-25(2)10-12-29(24(34)36-7)13-11-28(6)17-8-9-20-26(3,4)23(33)19(31)15-27(20,5)18(17)14-22(32)30(28,35)21(29)16-25/h17-23,31-33,35H,8-16H2,1-7H3/t17?,18?,19-,20?,21?,22?,23-,27+,28-,29?,30?/m0/s1. The molecular weight excluding hydrogens is 456 g/mol. The monoisotopic (exact) mass is 506 g/mol. The van der Waals surface area contributed by atoms with Crippen LogP contribution in [0.3, 0.4) is 0 Å². The van der Waals surface area contributed by atoms with Crippen molar-refractivity contribution in [1.82, 2.24) is 0 Å². The molecule has 0 heterocycles. The minimum atomic E-state index is -1.37. The number of aliphatic hydroxyl groups excluding tert-OH is 3. The number of hydrogen-bond acceptors (Lipinski definition) is 6. The van der Waals surface area contributed by atoms with Gasteiger partial charge in [-0.1, -0.05) is 41.5 Å². The third kappa shape index (κ3) is 3.14. The molecule has 4 N–H and O–H groups in total. The van der Waals surface area contributed by atoms with E-state index < -0.39 is 40.2 Å². The van der Waals surface area contributed by atoms with Crippen LogP contribution >= 0.6 is 0 Å². The molecule has 6 heteroatoms. The fourth-order valence-corrected chi connectivity index (χ4v) is 11.2. The number of methoxy groups -OCH3 is 1. The van der Waals surface area contributed by atoms with Crippen LogP contribution in [0, 0.1) is 50.7 Å². The van der Waals surface area contributed by atoms with Gasteiger partial charge in [-0.2, -0.15) is 0 Å². The lowest BCUT2D eigenvalue weighted by atomic mass is 9.33. The molecule has 0 aromatic carbocycles. The van der Waals surface area contributed by atoms with Crippen molar-refractivity contribution in [3.63, 3.8) is 0 Å². The van der Waals surface area contributed by atoms with Crippen molar-refractivity contribution in [2.24, 2.45) is 50.7 Å². The smallest absolute Gasteiger partial charge is 0.312 e. The van der Waals surface area contributed by atoms with Gasteiger partial charge in [0, 0.05) is 11.3 Å². The molecule has 0 bridgehead atoms. The van der Waals surface area contributed by atoms with Gasteiger partial charge in [-0.25, -0.2) is 0 Å². The number of hydrogen-bond donors (Lipinski definition) is 4. The number of esters is 1. The zero-order valence-electron chi connectivity index (χ0n) is 23.5. The van der Waals surface area contributed by atoms with E-state index in [4.69, 9.17) is 4.74 Å². The maximum Gasteiger partial charge on any atom is 0.312 e. The zero-order valence-corrected chi connectivity index (χ0v) is 23.5. The van der Waals surface area contributed by atoms with E-state index >= 15 is 0 Å². The largest absolute Gasteiger partial charge is 0.469 e. The average molecular weight is 507 g/mol. The molecule has 5 saturated carbocycles. The van der Waals surface area contributed by atoms with Crippen LogP contribution in [0.15, 0.2) is 0 Å². The Labute approximate surface area is 217 Å². The average Bonchev–Trinajstić information content (AvgIpc) is 2.80. The van der Waals surface area contributed by atoms with Gasteiger partial charge in [0.15, 0.2) is 0 Å². The Morgan fingerprint density at radius 2 is 1.47 bits per heavy atom. The highest BCUT2D eigenvalue weighted by molar-refractivity contribution is 5.78. The van der Waals surface area contributed by atoms with Crippen LogP contribution in [-0.4, -0.2) is 57.4 Å². The summed E-state index contributed by atoms with van der Waals surface area (Å²) < 4.78 is 5.37. The Morgan fingerprint density at radius 1 is 0.833 bits per heavy atom. The van der Waals surface area contributed by atoms with Crippen LogP contribution in [-0.2, 0) is 9.53 Å². The number of aliphatic hydroxyl groups is 4. The molecule has 5 rings (SSSR count). The Morgan fingerprint density at radius 3 is 2.11 bits per heavy atom. The molecule has 0 aromatic heterocycles. The molecule has 0 aliphatic heterocycles. The summed E-state index contributed by atoms with van der Waals surface area (Å²) in [4.78, 5) is 13.4. The maximum absolute atomic E-state index is 13.4. The van der Waals surface area contributed by atoms with Crippen molar-refractivity contribution in [1.29, 1.82) is 0 Å². The molecular formula is C30H50O6. The van der Waals surface area contributed by atoms with Crippen LogP contribution in [0.25, 0.3) is 0 Å². The maximum atomic E-state index is 13.4. The van der Waals surface area contributed by atoms with Gasteiger partial charge < -0.3 is 25.2 Å². The minimum absolute atomic E-state index is 0.0238. The lowest BCUT2D eigenvalue weighted by Crippen LogP contribution is -2.76. The summed E-state index contributed by atoms with van der Waals surface area (Å²) in [7, 11) is 1.45. The SMILES string of the molecule is COC(=O)C12CCC(C)(C)CC1C1(O)C(O)CC3C(CCC4C(C)(C)[C@@H](O)[C@@H](O)C[C@]34C)[C@]1(C)CC2. The van der Waals surface area contributed by atoms with E-state index in [9.17, 15) is 25.2 Å². The summed E-state index contributed by atoms with van der Waals surface area (Å²) in [5.41, 5.74) is -3.34. The van der Waals surface area contributed by atoms with Gasteiger partial charge in [0.2, 0.25) is 0 Å². The van der Waals surface area contributed by atoms with Crippen molar-refractivity contribution in [3.05, 3.63) is 0 Å². The molecule has 5 aliphatic rings. The molecule has 36 heavy (non-hydrogen) atoms. The topological polar surface area (TPSA) is 107 Å². The quantitative estimate of drug-likeness (QED) is 0.400. The van der Waals surface area contributed by atoms with E-state index in [1.165, 1.54) is 7.11 Å². The van der Waals surface area contributed by atoms with E-state index in [1.807, 2.05) is 0 Å². The first-order valence-electron chi connectivity index (χ1n) is 14.4. The molecule has 6 nitrogen and oxygen atoms in total. The molecule has 206 valence electrons. The van der Waals surface area contributed by atoms with Crippen LogP contribution < -0.4 is 0 Å². The highest BCUT2D eigenvalue weighted by atomic mass is 16.5. The molecule has 0 spiro atoms. The van der Waals surface area contributed by atoms with Gasteiger partial charge >= 0.3 is 5.97 Å². The Hall–Kier alpha value is -0.690. The lowest BCUT2D eigenvalue weighted by molar-refractivity contribution is -0.320. The molecule has 5 fully saturated rings. The van der Waals surface area contributed by atoms with Crippen molar-refractivity contribution in [2.45, 2.75) is 123 Å². The van der Waals surface area contributed by atoms with Crippen molar-refractivity contribution < 1.29 is 30.0 Å². The predicted octanol–water partition coefficient (Wildman–Crippen LogP) is 4.07. The molecule has 0 radical (unpaired) electrons. The molecule has 5 aliphatic carbocycles. The Balaban J connectivity index is 1.59. The van der Waals surface area contributed by atoms with Crippen molar-refractivity contribution >= 4 is 5.97 Å². The number of rotatable bonds is 1. The summed E-state index contributed by atoms with van der Waals surface area (Å²) in [6.07, 6.45) is 4.02. The third-order valence-electron chi connectivity index (χ3n) is 13.2. The molecule has 7 unspecified atom stereocenters. The second-order valence-corrected chi connectivity index (χ2v) is 15.4. The lowest BCUT2D eigenvalue weighted by Gasteiger charge is -2.73. The molecule has 0 amide bonds. The normalized spacial score (nSPS) is 55.4. The first-order chi connectivity index (χ1) is 16.5. The second kappa shape index (κ2) is 7.92. The van der Waals surface area contributed by atoms with Crippen LogP contribution in [0.2, 0.25) is 0 Å². The first kappa shape index (κ1) is 26.9. The molecule has 11 atom stereocenters. The number of fused-ring (bicyclic) bond motifs is 7.